The number of nitrogens with one attached hydrogen (secondary N) is 1. The Morgan fingerprint density at radius 2 is 1.95 bits per heavy atom. The molecule has 0 radical (unpaired) electrons. The van der Waals surface area contributed by atoms with Gasteiger partial charge in [0.05, 0.1) is 11.4 Å². The van der Waals surface area contributed by atoms with Crippen molar-refractivity contribution < 1.29 is 23.6 Å². The first-order valence-corrected chi connectivity index (χ1v) is 14.8. The zero-order valence-corrected chi connectivity index (χ0v) is 23.9. The summed E-state index contributed by atoms with van der Waals surface area (Å²) in [5.41, 5.74) is 2.78. The number of carbonyl (C=O) groups excluding carboxylic acids is 3. The number of aromatic nitrogens is 2. The molecule has 2 unspecified atom stereocenters. The van der Waals surface area contributed by atoms with Crippen molar-refractivity contribution in [1.82, 2.24) is 25.3 Å². The van der Waals surface area contributed by atoms with E-state index in [2.05, 4.69) is 15.5 Å². The van der Waals surface area contributed by atoms with Gasteiger partial charge in [-0.15, -0.1) is 0 Å². The van der Waals surface area contributed by atoms with E-state index in [4.69, 9.17) is 20.9 Å². The Morgan fingerprint density at radius 1 is 1.12 bits per heavy atom. The molecule has 0 spiro atoms. The van der Waals surface area contributed by atoms with Crippen molar-refractivity contribution >= 4 is 40.4 Å². The van der Waals surface area contributed by atoms with E-state index >= 15 is 0 Å². The van der Waals surface area contributed by atoms with Crippen LogP contribution in [0.15, 0.2) is 35.0 Å². The summed E-state index contributed by atoms with van der Waals surface area (Å²) in [6.45, 7) is 1.59. The van der Waals surface area contributed by atoms with E-state index < -0.39 is 12.0 Å². The van der Waals surface area contributed by atoms with E-state index in [0.717, 1.165) is 35.8 Å². The number of hydrogen-bond acceptors (Lipinski definition) is 7. The van der Waals surface area contributed by atoms with Crippen molar-refractivity contribution in [2.24, 2.45) is 11.8 Å². The minimum absolute atomic E-state index is 0.0416. The second-order valence-corrected chi connectivity index (χ2v) is 11.5. The highest BCUT2D eigenvalue weighted by atomic mass is 35.5. The minimum atomic E-state index is -0.454. The molecule has 3 aromatic rings. The van der Waals surface area contributed by atoms with E-state index in [1.165, 1.54) is 0 Å². The van der Waals surface area contributed by atoms with Crippen LogP contribution in [0.4, 0.5) is 0 Å². The van der Waals surface area contributed by atoms with Crippen LogP contribution in [0.3, 0.4) is 0 Å². The van der Waals surface area contributed by atoms with Crippen LogP contribution in [0.25, 0.3) is 11.1 Å². The molecular formula is C30H34ClN5O5. The standard InChI is InChI=1S/C30H34ClN5O5/c1-32-28(38)18-6-2-3-7-19(18)30(39)36-15-12-20-22(31)10-11-25(27(20)24(36)16-35-14-5-9-26(35)37)40-17-23-21-8-4-13-33-29(21)41-34-23/h4,8,10-11,13,18-19,24H,2-3,5-7,9,12,14-17H2,1H3,(H,32,38)/t18?,19?,24-/m1/s1. The number of halogens is 1. The van der Waals surface area contributed by atoms with E-state index in [1.807, 2.05) is 34.1 Å². The second-order valence-electron chi connectivity index (χ2n) is 11.1. The number of rotatable bonds is 7. The lowest BCUT2D eigenvalue weighted by atomic mass is 9.77. The molecule has 1 saturated heterocycles. The molecular weight excluding hydrogens is 546 g/mol. The molecule has 11 heteroatoms. The van der Waals surface area contributed by atoms with Gasteiger partial charge in [-0.3, -0.25) is 14.4 Å². The SMILES string of the molecule is CNC(=O)C1CCCCC1C(=O)N1CCc2c(Cl)ccc(OCc3noc4ncccc34)c2[C@H]1CN1CCCC1=O. The average Bonchev–Trinajstić information content (AvgIpc) is 3.61. The number of ether oxygens (including phenoxy) is 1. The minimum Gasteiger partial charge on any atom is -0.487 e. The summed E-state index contributed by atoms with van der Waals surface area (Å²) in [6.07, 6.45) is 6.68. The van der Waals surface area contributed by atoms with Gasteiger partial charge >= 0.3 is 0 Å². The van der Waals surface area contributed by atoms with Crippen LogP contribution in [-0.2, 0) is 27.4 Å². The van der Waals surface area contributed by atoms with Crippen LogP contribution >= 0.6 is 11.6 Å². The molecule has 216 valence electrons. The van der Waals surface area contributed by atoms with Crippen LogP contribution < -0.4 is 10.1 Å². The van der Waals surface area contributed by atoms with Crippen molar-refractivity contribution in [2.45, 2.75) is 57.6 Å². The monoisotopic (exact) mass is 579 g/mol. The summed E-state index contributed by atoms with van der Waals surface area (Å²) in [5.74, 6) is -0.227. The van der Waals surface area contributed by atoms with Crippen molar-refractivity contribution in [3.63, 3.8) is 0 Å². The van der Waals surface area contributed by atoms with Gasteiger partial charge in [0.1, 0.15) is 18.1 Å². The fraction of sp³-hybridized carbons (Fsp3) is 0.500. The van der Waals surface area contributed by atoms with E-state index in [9.17, 15) is 14.4 Å². The molecule has 1 N–H and O–H groups in total. The highest BCUT2D eigenvalue weighted by Gasteiger charge is 2.43. The van der Waals surface area contributed by atoms with Gasteiger partial charge in [0.15, 0.2) is 0 Å². The molecule has 3 aliphatic rings. The molecule has 3 amide bonds. The molecule has 2 aliphatic heterocycles. The van der Waals surface area contributed by atoms with Gasteiger partial charge in [-0.2, -0.15) is 0 Å². The summed E-state index contributed by atoms with van der Waals surface area (Å²) in [5, 5.41) is 8.27. The first kappa shape index (κ1) is 27.5. The maximum absolute atomic E-state index is 14.3. The summed E-state index contributed by atoms with van der Waals surface area (Å²) >= 11 is 6.73. The van der Waals surface area contributed by atoms with Crippen LogP contribution in [0, 0.1) is 11.8 Å². The number of pyridine rings is 1. The van der Waals surface area contributed by atoms with Gasteiger partial charge in [-0.1, -0.05) is 29.6 Å². The number of nitrogens with zero attached hydrogens (tertiary/aromatic N) is 4. The topological polar surface area (TPSA) is 118 Å². The zero-order valence-electron chi connectivity index (χ0n) is 23.1. The number of hydrogen-bond donors (Lipinski definition) is 1. The normalized spacial score (nSPS) is 22.6. The predicted octanol–water partition coefficient (Wildman–Crippen LogP) is 4.06. The lowest BCUT2D eigenvalue weighted by Gasteiger charge is -2.43. The molecule has 2 fully saturated rings. The summed E-state index contributed by atoms with van der Waals surface area (Å²) in [7, 11) is 1.62. The third-order valence-electron chi connectivity index (χ3n) is 8.77. The number of fused-ring (bicyclic) bond motifs is 2. The van der Waals surface area contributed by atoms with E-state index in [-0.39, 0.29) is 30.2 Å². The Balaban J connectivity index is 1.36. The Labute approximate surface area is 243 Å². The lowest BCUT2D eigenvalue weighted by molar-refractivity contribution is -0.147. The van der Waals surface area contributed by atoms with Crippen molar-refractivity contribution in [3.8, 4) is 5.75 Å². The molecule has 41 heavy (non-hydrogen) atoms. The van der Waals surface area contributed by atoms with Gasteiger partial charge < -0.3 is 24.4 Å². The second kappa shape index (κ2) is 11.7. The fourth-order valence-electron chi connectivity index (χ4n) is 6.68. The van der Waals surface area contributed by atoms with Gasteiger partial charge in [0.2, 0.25) is 17.7 Å². The van der Waals surface area contributed by atoms with Gasteiger partial charge in [0, 0.05) is 61.7 Å². The molecule has 4 heterocycles. The molecule has 1 aliphatic carbocycles. The van der Waals surface area contributed by atoms with Gasteiger partial charge in [-0.05, 0) is 55.5 Å². The van der Waals surface area contributed by atoms with Crippen LogP contribution in [0.2, 0.25) is 5.02 Å². The Kier molecular flexibility index (Phi) is 7.84. The largest absolute Gasteiger partial charge is 0.487 e. The third-order valence-corrected chi connectivity index (χ3v) is 9.13. The summed E-state index contributed by atoms with van der Waals surface area (Å²) < 4.78 is 11.7. The smallest absolute Gasteiger partial charge is 0.258 e. The zero-order chi connectivity index (χ0) is 28.5. The fourth-order valence-corrected chi connectivity index (χ4v) is 6.94. The van der Waals surface area contributed by atoms with Crippen LogP contribution in [0.5, 0.6) is 5.75 Å². The quantitative estimate of drug-likeness (QED) is 0.448. The first-order valence-electron chi connectivity index (χ1n) is 14.4. The van der Waals surface area contributed by atoms with Crippen LogP contribution in [-0.4, -0.2) is 64.3 Å². The molecule has 10 nitrogen and oxygen atoms in total. The maximum atomic E-state index is 14.3. The lowest BCUT2D eigenvalue weighted by Crippen LogP contribution is -2.50. The summed E-state index contributed by atoms with van der Waals surface area (Å²) in [6, 6.07) is 6.88. The average molecular weight is 580 g/mol. The maximum Gasteiger partial charge on any atom is 0.258 e. The Hall–Kier alpha value is -3.66. The first-order chi connectivity index (χ1) is 20.0. The van der Waals surface area contributed by atoms with Crippen molar-refractivity contribution in [2.75, 3.05) is 26.7 Å². The number of amides is 3. The number of benzene rings is 1. The number of carbonyl (C=O) groups is 3. The molecule has 0 bridgehead atoms. The predicted molar refractivity (Wildman–Crippen MR) is 151 cm³/mol. The summed E-state index contributed by atoms with van der Waals surface area (Å²) in [4.78, 5) is 47.7. The van der Waals surface area contributed by atoms with Crippen LogP contribution in [0.1, 0.15) is 61.4 Å². The Bertz CT molecular complexity index is 1470. The molecule has 1 aromatic carbocycles. The van der Waals surface area contributed by atoms with Gasteiger partial charge in [0.25, 0.3) is 5.71 Å². The van der Waals surface area contributed by atoms with Crippen molar-refractivity contribution in [1.29, 1.82) is 0 Å². The Morgan fingerprint density at radius 3 is 2.73 bits per heavy atom. The van der Waals surface area contributed by atoms with Crippen molar-refractivity contribution in [3.05, 3.63) is 52.3 Å². The van der Waals surface area contributed by atoms with Gasteiger partial charge in [-0.25, -0.2) is 4.98 Å². The third kappa shape index (κ3) is 5.25. The molecule has 3 atom stereocenters. The molecule has 1 saturated carbocycles. The molecule has 6 rings (SSSR count). The van der Waals surface area contributed by atoms with E-state index in [0.29, 0.717) is 67.5 Å². The number of likely N-dealkylation sites (tertiary alicyclic amines) is 1. The van der Waals surface area contributed by atoms with E-state index in [1.54, 1.807) is 13.2 Å². The highest BCUT2D eigenvalue weighted by Crippen LogP contribution is 2.43. The molecule has 2 aromatic heterocycles. The highest BCUT2D eigenvalue weighted by molar-refractivity contribution is 6.31.